The van der Waals surface area contributed by atoms with Gasteiger partial charge >= 0.3 is 0 Å². The van der Waals surface area contributed by atoms with E-state index in [0.717, 1.165) is 39.4 Å². The Labute approximate surface area is 160 Å². The van der Waals surface area contributed by atoms with Gasteiger partial charge in [0.1, 0.15) is 0 Å². The molecule has 130 valence electrons. The Bertz CT molecular complexity index is 818. The molecule has 0 aliphatic carbocycles. The summed E-state index contributed by atoms with van der Waals surface area (Å²) in [5.41, 5.74) is 8.80. The topological polar surface area (TPSA) is 63.8 Å². The SMILES string of the molecule is NCCCCCc1cccc(Nc2nccc(-c3ccc(Br)s3)n2)c1. The van der Waals surface area contributed by atoms with E-state index in [1.165, 1.54) is 18.4 Å². The van der Waals surface area contributed by atoms with E-state index in [2.05, 4.69) is 55.5 Å². The van der Waals surface area contributed by atoms with Gasteiger partial charge in [-0.05, 0) is 77.6 Å². The predicted octanol–water partition coefficient (Wildman–Crippen LogP) is 5.38. The molecule has 0 fully saturated rings. The molecule has 2 aromatic heterocycles. The van der Waals surface area contributed by atoms with Crippen molar-refractivity contribution in [3.8, 4) is 10.6 Å². The van der Waals surface area contributed by atoms with Crippen LogP contribution in [0.3, 0.4) is 0 Å². The second-order valence-electron chi connectivity index (χ2n) is 5.79. The van der Waals surface area contributed by atoms with E-state index in [0.29, 0.717) is 5.95 Å². The smallest absolute Gasteiger partial charge is 0.227 e. The lowest BCUT2D eigenvalue weighted by atomic mass is 10.1. The molecule has 3 aromatic rings. The predicted molar refractivity (Wildman–Crippen MR) is 109 cm³/mol. The normalized spacial score (nSPS) is 10.8. The lowest BCUT2D eigenvalue weighted by Gasteiger charge is -2.08. The van der Waals surface area contributed by atoms with Gasteiger partial charge in [-0.25, -0.2) is 9.97 Å². The van der Waals surface area contributed by atoms with E-state index < -0.39 is 0 Å². The van der Waals surface area contributed by atoms with Gasteiger partial charge in [-0.2, -0.15) is 0 Å². The van der Waals surface area contributed by atoms with Crippen LogP contribution in [0, 0.1) is 0 Å². The van der Waals surface area contributed by atoms with Gasteiger partial charge in [0, 0.05) is 11.9 Å². The van der Waals surface area contributed by atoms with Crippen LogP contribution in [0.15, 0.2) is 52.4 Å². The Kier molecular flexibility index (Phi) is 6.55. The van der Waals surface area contributed by atoms with E-state index >= 15 is 0 Å². The van der Waals surface area contributed by atoms with E-state index in [4.69, 9.17) is 5.73 Å². The van der Waals surface area contributed by atoms with Crippen LogP contribution in [-0.4, -0.2) is 16.5 Å². The van der Waals surface area contributed by atoms with Crippen LogP contribution in [0.1, 0.15) is 24.8 Å². The van der Waals surface area contributed by atoms with E-state index in [1.54, 1.807) is 17.5 Å². The number of nitrogens with two attached hydrogens (primary N) is 1. The fraction of sp³-hybridized carbons (Fsp3) is 0.263. The zero-order valence-corrected chi connectivity index (χ0v) is 16.3. The first-order chi connectivity index (χ1) is 12.2. The summed E-state index contributed by atoms with van der Waals surface area (Å²) in [7, 11) is 0. The first-order valence-corrected chi connectivity index (χ1v) is 10.0. The van der Waals surface area contributed by atoms with Gasteiger partial charge in [0.05, 0.1) is 14.4 Å². The summed E-state index contributed by atoms with van der Waals surface area (Å²) < 4.78 is 1.10. The van der Waals surface area contributed by atoms with E-state index in [-0.39, 0.29) is 0 Å². The first kappa shape index (κ1) is 18.0. The number of halogens is 1. The Morgan fingerprint density at radius 1 is 1.08 bits per heavy atom. The number of rotatable bonds is 8. The number of unbranched alkanes of at least 4 members (excludes halogenated alkanes) is 2. The van der Waals surface area contributed by atoms with Gasteiger partial charge in [0.2, 0.25) is 5.95 Å². The molecule has 0 saturated carbocycles. The Morgan fingerprint density at radius 3 is 2.80 bits per heavy atom. The summed E-state index contributed by atoms with van der Waals surface area (Å²) in [5.74, 6) is 0.613. The van der Waals surface area contributed by atoms with Gasteiger partial charge in [-0.15, -0.1) is 11.3 Å². The third-order valence-electron chi connectivity index (χ3n) is 3.83. The van der Waals surface area contributed by atoms with Crippen molar-refractivity contribution in [2.75, 3.05) is 11.9 Å². The summed E-state index contributed by atoms with van der Waals surface area (Å²) in [6, 6.07) is 14.5. The Balaban J connectivity index is 1.68. The Hall–Kier alpha value is -1.76. The molecule has 6 heteroatoms. The summed E-state index contributed by atoms with van der Waals surface area (Å²) in [6.07, 6.45) is 6.29. The number of thiophene rings is 1. The van der Waals surface area contributed by atoms with Crippen molar-refractivity contribution in [3.05, 3.63) is 58.0 Å². The quantitative estimate of drug-likeness (QED) is 0.483. The fourth-order valence-corrected chi connectivity index (χ4v) is 3.95. The zero-order valence-electron chi connectivity index (χ0n) is 13.9. The van der Waals surface area contributed by atoms with Crippen molar-refractivity contribution in [2.45, 2.75) is 25.7 Å². The van der Waals surface area contributed by atoms with E-state index in [1.807, 2.05) is 18.2 Å². The average molecular weight is 417 g/mol. The minimum atomic E-state index is 0.613. The highest BCUT2D eigenvalue weighted by Crippen LogP contribution is 2.30. The number of aryl methyl sites for hydroxylation is 1. The monoisotopic (exact) mass is 416 g/mol. The molecule has 3 rings (SSSR count). The molecule has 3 N–H and O–H groups in total. The van der Waals surface area contributed by atoms with Crippen LogP contribution in [0.4, 0.5) is 11.6 Å². The summed E-state index contributed by atoms with van der Waals surface area (Å²) in [6.45, 7) is 0.774. The number of benzene rings is 1. The third-order valence-corrected chi connectivity index (χ3v) is 5.48. The lowest BCUT2D eigenvalue weighted by Crippen LogP contribution is -1.99. The molecule has 0 amide bonds. The van der Waals surface area contributed by atoms with Gasteiger partial charge in [0.15, 0.2) is 0 Å². The highest BCUT2D eigenvalue weighted by atomic mass is 79.9. The van der Waals surface area contributed by atoms with E-state index in [9.17, 15) is 0 Å². The summed E-state index contributed by atoms with van der Waals surface area (Å²) in [4.78, 5) is 10.1. The van der Waals surface area contributed by atoms with Crippen LogP contribution in [-0.2, 0) is 6.42 Å². The van der Waals surface area contributed by atoms with Crippen molar-refractivity contribution >= 4 is 38.9 Å². The molecule has 0 aliphatic rings. The van der Waals surface area contributed by atoms with Crippen LogP contribution in [0.2, 0.25) is 0 Å². The zero-order chi connectivity index (χ0) is 17.5. The van der Waals surface area contributed by atoms with Gasteiger partial charge in [0.25, 0.3) is 0 Å². The van der Waals surface area contributed by atoms with Crippen molar-refractivity contribution < 1.29 is 0 Å². The summed E-state index contributed by atoms with van der Waals surface area (Å²) >= 11 is 5.15. The maximum atomic E-state index is 5.55. The number of nitrogens with zero attached hydrogens (tertiary/aromatic N) is 2. The molecule has 0 unspecified atom stereocenters. The second kappa shape index (κ2) is 9.08. The van der Waals surface area contributed by atoms with Crippen molar-refractivity contribution in [1.29, 1.82) is 0 Å². The number of anilines is 2. The van der Waals surface area contributed by atoms with Gasteiger partial charge in [-0.1, -0.05) is 18.6 Å². The largest absolute Gasteiger partial charge is 0.330 e. The molecule has 0 bridgehead atoms. The maximum absolute atomic E-state index is 5.55. The molecular weight excluding hydrogens is 396 g/mol. The van der Waals surface area contributed by atoms with Crippen LogP contribution in [0.25, 0.3) is 10.6 Å². The van der Waals surface area contributed by atoms with Gasteiger partial charge < -0.3 is 11.1 Å². The average Bonchev–Trinajstić information content (AvgIpc) is 3.06. The number of aromatic nitrogens is 2. The highest BCUT2D eigenvalue weighted by molar-refractivity contribution is 9.11. The number of hydrogen-bond acceptors (Lipinski definition) is 5. The molecular formula is C19H21BrN4S. The highest BCUT2D eigenvalue weighted by Gasteiger charge is 2.06. The van der Waals surface area contributed by atoms with Crippen LogP contribution in [0.5, 0.6) is 0 Å². The molecule has 0 spiro atoms. The standard InChI is InChI=1S/C19H21BrN4S/c20-18-9-8-17(25-18)16-10-12-22-19(24-16)23-15-7-4-6-14(13-15)5-2-1-3-11-21/h4,6-10,12-13H,1-3,5,11,21H2,(H,22,23,24). The van der Waals surface area contributed by atoms with Crippen LogP contribution < -0.4 is 11.1 Å². The molecule has 1 aromatic carbocycles. The Morgan fingerprint density at radius 2 is 2.00 bits per heavy atom. The molecule has 0 radical (unpaired) electrons. The van der Waals surface area contributed by atoms with Crippen molar-refractivity contribution in [3.63, 3.8) is 0 Å². The van der Waals surface area contributed by atoms with Crippen LogP contribution >= 0.6 is 27.3 Å². The third kappa shape index (κ3) is 5.36. The minimum absolute atomic E-state index is 0.613. The van der Waals surface area contributed by atoms with Gasteiger partial charge in [-0.3, -0.25) is 0 Å². The summed E-state index contributed by atoms with van der Waals surface area (Å²) in [5, 5.41) is 3.31. The first-order valence-electron chi connectivity index (χ1n) is 8.39. The second-order valence-corrected chi connectivity index (χ2v) is 8.26. The molecule has 25 heavy (non-hydrogen) atoms. The molecule has 2 heterocycles. The van der Waals surface area contributed by atoms with Crippen molar-refractivity contribution in [2.24, 2.45) is 5.73 Å². The molecule has 0 saturated heterocycles. The molecule has 0 atom stereocenters. The minimum Gasteiger partial charge on any atom is -0.330 e. The number of nitrogens with one attached hydrogen (secondary N) is 1. The molecule has 0 aliphatic heterocycles. The maximum Gasteiger partial charge on any atom is 0.227 e. The lowest BCUT2D eigenvalue weighted by molar-refractivity contribution is 0.686. The fourth-order valence-electron chi connectivity index (χ4n) is 2.59. The van der Waals surface area contributed by atoms with Crippen molar-refractivity contribution in [1.82, 2.24) is 9.97 Å². The molecule has 4 nitrogen and oxygen atoms in total. The number of hydrogen-bond donors (Lipinski definition) is 2.